The Bertz CT molecular complexity index is 1050. The molecule has 1 N–H and O–H groups in total. The summed E-state index contributed by atoms with van der Waals surface area (Å²) in [7, 11) is -3.52. The number of hydrogen-bond acceptors (Lipinski definition) is 6. The van der Waals surface area contributed by atoms with E-state index in [9.17, 15) is 18.0 Å². The Kier molecular flexibility index (Phi) is 6.92. The fourth-order valence-corrected chi connectivity index (χ4v) is 6.51. The van der Waals surface area contributed by atoms with Gasteiger partial charge in [0.25, 0.3) is 0 Å². The van der Waals surface area contributed by atoms with E-state index in [1.807, 2.05) is 17.2 Å². The number of amides is 2. The molecule has 32 heavy (non-hydrogen) atoms. The zero-order chi connectivity index (χ0) is 22.7. The molecule has 2 fully saturated rings. The minimum Gasteiger partial charge on any atom is -0.342 e. The largest absolute Gasteiger partial charge is 0.342 e. The zero-order valence-corrected chi connectivity index (χ0v) is 19.7. The number of piperidine rings is 2. The summed E-state index contributed by atoms with van der Waals surface area (Å²) >= 11 is 1.41. The van der Waals surface area contributed by atoms with Crippen molar-refractivity contribution in [3.63, 3.8) is 0 Å². The lowest BCUT2D eigenvalue weighted by atomic mass is 9.92. The summed E-state index contributed by atoms with van der Waals surface area (Å²) < 4.78 is 27.0. The molecule has 3 heterocycles. The van der Waals surface area contributed by atoms with Gasteiger partial charge < -0.3 is 10.2 Å². The number of nitrogens with zero attached hydrogens (tertiary/aromatic N) is 3. The summed E-state index contributed by atoms with van der Waals surface area (Å²) in [5, 5.41) is 5.39. The van der Waals surface area contributed by atoms with Crippen molar-refractivity contribution in [2.24, 2.45) is 11.8 Å². The molecule has 172 valence electrons. The quantitative estimate of drug-likeness (QED) is 0.715. The number of aromatic nitrogens is 1. The lowest BCUT2D eigenvalue weighted by Crippen LogP contribution is -2.47. The minimum atomic E-state index is -3.52. The predicted octanol–water partition coefficient (Wildman–Crippen LogP) is 2.73. The first-order valence-corrected chi connectivity index (χ1v) is 13.2. The van der Waals surface area contributed by atoms with Crippen LogP contribution in [0.25, 0.3) is 0 Å². The number of hydrogen-bond donors (Lipinski definition) is 1. The molecule has 4 rings (SSSR count). The molecule has 0 aliphatic carbocycles. The first-order valence-electron chi connectivity index (χ1n) is 10.9. The second kappa shape index (κ2) is 9.68. The molecule has 1 aromatic carbocycles. The summed E-state index contributed by atoms with van der Waals surface area (Å²) in [6, 6.07) is 8.41. The summed E-state index contributed by atoms with van der Waals surface area (Å²) in [6.07, 6.45) is 2.30. The second-order valence-electron chi connectivity index (χ2n) is 8.37. The highest BCUT2D eigenvalue weighted by molar-refractivity contribution is 7.89. The van der Waals surface area contributed by atoms with Crippen molar-refractivity contribution in [3.8, 4) is 0 Å². The number of rotatable bonds is 5. The average Bonchev–Trinajstić information content (AvgIpc) is 3.23. The Morgan fingerprint density at radius 1 is 1.00 bits per heavy atom. The van der Waals surface area contributed by atoms with E-state index in [0.29, 0.717) is 57.0 Å². The number of likely N-dealkylation sites (tertiary alicyclic amines) is 1. The summed E-state index contributed by atoms with van der Waals surface area (Å²) in [4.78, 5) is 31.9. The Labute approximate surface area is 192 Å². The monoisotopic (exact) mass is 476 g/mol. The molecule has 0 radical (unpaired) electrons. The third kappa shape index (κ3) is 5.02. The Balaban J connectivity index is 1.26. The molecule has 10 heteroatoms. The number of benzene rings is 1. The lowest BCUT2D eigenvalue weighted by molar-refractivity contribution is -0.139. The third-order valence-corrected chi connectivity index (χ3v) is 9.00. The molecule has 2 amide bonds. The van der Waals surface area contributed by atoms with Crippen LogP contribution in [0.4, 0.5) is 5.13 Å². The molecule has 0 unspecified atom stereocenters. The van der Waals surface area contributed by atoms with Gasteiger partial charge in [-0.15, -0.1) is 11.3 Å². The van der Waals surface area contributed by atoms with Crippen molar-refractivity contribution in [3.05, 3.63) is 41.4 Å². The van der Waals surface area contributed by atoms with Crippen molar-refractivity contribution in [2.75, 3.05) is 31.5 Å². The SMILES string of the molecule is Cc1csc(NC(=O)C2CCN(C(=O)C3CCN(S(=O)(=O)c4ccccc4)CC3)CC2)n1. The Hall–Kier alpha value is -2.30. The van der Waals surface area contributed by atoms with Gasteiger partial charge in [0.2, 0.25) is 21.8 Å². The fraction of sp³-hybridized carbons (Fsp3) is 0.500. The lowest BCUT2D eigenvalue weighted by Gasteiger charge is -2.36. The topological polar surface area (TPSA) is 99.7 Å². The van der Waals surface area contributed by atoms with Gasteiger partial charge in [-0.25, -0.2) is 13.4 Å². The number of carbonyl (C=O) groups is 2. The maximum atomic E-state index is 13.0. The van der Waals surface area contributed by atoms with Crippen LogP contribution in [0.5, 0.6) is 0 Å². The van der Waals surface area contributed by atoms with Gasteiger partial charge in [-0.1, -0.05) is 18.2 Å². The number of anilines is 1. The van der Waals surface area contributed by atoms with Crippen LogP contribution in [-0.4, -0.2) is 60.6 Å². The highest BCUT2D eigenvalue weighted by atomic mass is 32.2. The molecule has 0 spiro atoms. The second-order valence-corrected chi connectivity index (χ2v) is 11.2. The third-order valence-electron chi connectivity index (χ3n) is 6.21. The van der Waals surface area contributed by atoms with E-state index in [1.165, 1.54) is 15.6 Å². The standard InChI is InChI=1S/C22H28N4O4S2/c1-16-15-31-22(23-16)24-20(27)17-7-11-25(12-8-17)21(28)18-9-13-26(14-10-18)32(29,30)19-5-3-2-4-6-19/h2-6,15,17-18H,7-14H2,1H3,(H,23,24,27). The molecule has 0 bridgehead atoms. The van der Waals surface area contributed by atoms with Gasteiger partial charge in [-0.2, -0.15) is 4.31 Å². The van der Waals surface area contributed by atoms with E-state index >= 15 is 0 Å². The maximum absolute atomic E-state index is 13.0. The van der Waals surface area contributed by atoms with Crippen molar-refractivity contribution < 1.29 is 18.0 Å². The molecule has 1 aromatic heterocycles. The molecule has 0 saturated carbocycles. The first-order chi connectivity index (χ1) is 15.3. The van der Waals surface area contributed by atoms with Gasteiger partial charge in [-0.3, -0.25) is 9.59 Å². The Morgan fingerprint density at radius 2 is 1.62 bits per heavy atom. The number of carbonyl (C=O) groups excluding carboxylic acids is 2. The van der Waals surface area contributed by atoms with Crippen LogP contribution >= 0.6 is 11.3 Å². The van der Waals surface area contributed by atoms with E-state index in [1.54, 1.807) is 30.3 Å². The van der Waals surface area contributed by atoms with Crippen LogP contribution in [-0.2, 0) is 19.6 Å². The van der Waals surface area contributed by atoms with Gasteiger partial charge in [-0.05, 0) is 44.7 Å². The van der Waals surface area contributed by atoms with Crippen molar-refractivity contribution in [1.82, 2.24) is 14.2 Å². The van der Waals surface area contributed by atoms with Gasteiger partial charge in [0.05, 0.1) is 10.6 Å². The van der Waals surface area contributed by atoms with Crippen LogP contribution in [0.3, 0.4) is 0 Å². The normalized spacial score (nSPS) is 19.1. The van der Waals surface area contributed by atoms with Crippen LogP contribution in [0, 0.1) is 18.8 Å². The van der Waals surface area contributed by atoms with Crippen LogP contribution < -0.4 is 5.32 Å². The van der Waals surface area contributed by atoms with E-state index < -0.39 is 10.0 Å². The first kappa shape index (κ1) is 22.9. The van der Waals surface area contributed by atoms with Gasteiger partial charge in [0, 0.05) is 43.4 Å². The number of thiazole rings is 1. The minimum absolute atomic E-state index is 0.0362. The summed E-state index contributed by atoms with van der Waals surface area (Å²) in [6.45, 7) is 3.68. The van der Waals surface area contributed by atoms with Crippen LogP contribution in [0.2, 0.25) is 0 Å². The summed E-state index contributed by atoms with van der Waals surface area (Å²) in [5.41, 5.74) is 0.883. The number of sulfonamides is 1. The van der Waals surface area contributed by atoms with Gasteiger partial charge in [0.1, 0.15) is 0 Å². The molecule has 2 aliphatic rings. The van der Waals surface area contributed by atoms with Crippen LogP contribution in [0.15, 0.2) is 40.6 Å². The molecule has 2 saturated heterocycles. The highest BCUT2D eigenvalue weighted by Crippen LogP contribution is 2.27. The van der Waals surface area contributed by atoms with Crippen molar-refractivity contribution in [1.29, 1.82) is 0 Å². The van der Waals surface area contributed by atoms with E-state index in [4.69, 9.17) is 0 Å². The molecule has 2 aliphatic heterocycles. The van der Waals surface area contributed by atoms with E-state index in [2.05, 4.69) is 10.3 Å². The van der Waals surface area contributed by atoms with Gasteiger partial charge >= 0.3 is 0 Å². The van der Waals surface area contributed by atoms with Crippen molar-refractivity contribution in [2.45, 2.75) is 37.5 Å². The van der Waals surface area contributed by atoms with Gasteiger partial charge in [0.15, 0.2) is 5.13 Å². The Morgan fingerprint density at radius 3 is 2.22 bits per heavy atom. The zero-order valence-electron chi connectivity index (χ0n) is 18.1. The molecule has 2 aromatic rings. The molecular weight excluding hydrogens is 448 g/mol. The average molecular weight is 477 g/mol. The van der Waals surface area contributed by atoms with E-state index in [0.717, 1.165) is 5.69 Å². The fourth-order valence-electron chi connectivity index (χ4n) is 4.32. The highest BCUT2D eigenvalue weighted by Gasteiger charge is 2.35. The number of nitrogens with one attached hydrogen (secondary N) is 1. The predicted molar refractivity (Wildman–Crippen MR) is 123 cm³/mol. The molecule has 8 nitrogen and oxygen atoms in total. The van der Waals surface area contributed by atoms with E-state index in [-0.39, 0.29) is 28.5 Å². The summed E-state index contributed by atoms with van der Waals surface area (Å²) in [5.74, 6) is -0.246. The smallest absolute Gasteiger partial charge is 0.243 e. The molecule has 0 atom stereocenters. The van der Waals surface area contributed by atoms with Crippen LogP contribution in [0.1, 0.15) is 31.4 Å². The number of aryl methyl sites for hydroxylation is 1. The maximum Gasteiger partial charge on any atom is 0.243 e. The van der Waals surface area contributed by atoms with Crippen molar-refractivity contribution >= 4 is 38.3 Å². The molecular formula is C22H28N4O4S2.